The first kappa shape index (κ1) is 16.5. The minimum atomic E-state index is -3.53. The second kappa shape index (κ2) is 6.89. The van der Waals surface area contributed by atoms with Gasteiger partial charge in [-0.25, -0.2) is 8.42 Å². The van der Waals surface area contributed by atoms with Crippen molar-refractivity contribution in [3.05, 3.63) is 34.3 Å². The Morgan fingerprint density at radius 1 is 1.38 bits per heavy atom. The monoisotopic (exact) mass is 375 g/mol. The zero-order valence-electron chi connectivity index (χ0n) is 11.5. The molecule has 0 amide bonds. The summed E-state index contributed by atoms with van der Waals surface area (Å²) in [7, 11) is -3.53. The lowest BCUT2D eigenvalue weighted by molar-refractivity contribution is -0.134. The van der Waals surface area contributed by atoms with E-state index in [9.17, 15) is 13.2 Å². The van der Waals surface area contributed by atoms with Crippen LogP contribution < -0.4 is 0 Å². The highest BCUT2D eigenvalue weighted by atomic mass is 79.9. The third-order valence-corrected chi connectivity index (χ3v) is 5.36. The first-order chi connectivity index (χ1) is 9.85. The van der Waals surface area contributed by atoms with Crippen molar-refractivity contribution in [3.63, 3.8) is 0 Å². The standard InChI is InChI=1S/C14H18BrNO4S/c15-12-3-1-2-11(8-12)9-16(13-4-5-13)6-7-21(19,20)10-14(17)18/h1-3,8,13H,4-7,9-10H2,(H,17,18). The lowest BCUT2D eigenvalue weighted by Gasteiger charge is -2.22. The molecule has 1 aromatic carbocycles. The fraction of sp³-hybridized carbons (Fsp3) is 0.500. The van der Waals surface area contributed by atoms with Gasteiger partial charge < -0.3 is 5.11 Å². The van der Waals surface area contributed by atoms with Crippen LogP contribution in [0.15, 0.2) is 28.7 Å². The number of hydrogen-bond acceptors (Lipinski definition) is 4. The van der Waals surface area contributed by atoms with Crippen LogP contribution in [0, 0.1) is 0 Å². The molecule has 1 aromatic rings. The van der Waals surface area contributed by atoms with Crippen LogP contribution in [-0.4, -0.2) is 48.5 Å². The summed E-state index contributed by atoms with van der Waals surface area (Å²) < 4.78 is 24.4. The molecule has 0 spiro atoms. The van der Waals surface area contributed by atoms with Crippen molar-refractivity contribution >= 4 is 31.7 Å². The molecule has 21 heavy (non-hydrogen) atoms. The molecule has 1 N–H and O–H groups in total. The molecule has 116 valence electrons. The first-order valence-corrected chi connectivity index (χ1v) is 9.38. The smallest absolute Gasteiger partial charge is 0.318 e. The number of halogens is 1. The molecule has 0 radical (unpaired) electrons. The van der Waals surface area contributed by atoms with Crippen LogP contribution >= 0.6 is 15.9 Å². The van der Waals surface area contributed by atoms with Gasteiger partial charge in [0.25, 0.3) is 0 Å². The predicted octanol–water partition coefficient (Wildman–Crippen LogP) is 1.91. The van der Waals surface area contributed by atoms with E-state index in [1.54, 1.807) is 0 Å². The normalized spacial score (nSPS) is 15.3. The molecule has 0 heterocycles. The third-order valence-electron chi connectivity index (χ3n) is 3.37. The second-order valence-corrected chi connectivity index (χ2v) is 8.42. The molecule has 0 unspecified atom stereocenters. The summed E-state index contributed by atoms with van der Waals surface area (Å²) in [4.78, 5) is 12.7. The summed E-state index contributed by atoms with van der Waals surface area (Å²) in [5.41, 5.74) is 1.12. The minimum absolute atomic E-state index is 0.107. The molecule has 0 bridgehead atoms. The maximum Gasteiger partial charge on any atom is 0.318 e. The number of carboxylic acid groups (broad SMARTS) is 1. The van der Waals surface area contributed by atoms with E-state index < -0.39 is 21.6 Å². The van der Waals surface area contributed by atoms with Gasteiger partial charge in [-0.05, 0) is 30.5 Å². The molecule has 5 nitrogen and oxygen atoms in total. The quantitative estimate of drug-likeness (QED) is 0.750. The van der Waals surface area contributed by atoms with Crippen molar-refractivity contribution in [1.82, 2.24) is 4.90 Å². The van der Waals surface area contributed by atoms with E-state index in [4.69, 9.17) is 5.11 Å². The van der Waals surface area contributed by atoms with Crippen molar-refractivity contribution < 1.29 is 18.3 Å². The summed E-state index contributed by atoms with van der Waals surface area (Å²) in [6, 6.07) is 8.34. The average Bonchev–Trinajstić information content (AvgIpc) is 3.17. The maximum atomic E-state index is 11.7. The van der Waals surface area contributed by atoms with Gasteiger partial charge in [0.05, 0.1) is 5.75 Å². The molecule has 7 heteroatoms. The molecule has 1 aliphatic carbocycles. The molecular formula is C14H18BrNO4S. The van der Waals surface area contributed by atoms with Crippen LogP contribution in [-0.2, 0) is 21.2 Å². The molecular weight excluding hydrogens is 358 g/mol. The van der Waals surface area contributed by atoms with E-state index in [1.165, 1.54) is 0 Å². The van der Waals surface area contributed by atoms with E-state index in [1.807, 2.05) is 24.3 Å². The molecule has 1 aliphatic rings. The van der Waals surface area contributed by atoms with Gasteiger partial charge in [0.1, 0.15) is 5.75 Å². The van der Waals surface area contributed by atoms with E-state index in [2.05, 4.69) is 20.8 Å². The average molecular weight is 376 g/mol. The van der Waals surface area contributed by atoms with Gasteiger partial charge in [0, 0.05) is 23.6 Å². The van der Waals surface area contributed by atoms with Crippen molar-refractivity contribution in [2.45, 2.75) is 25.4 Å². The van der Waals surface area contributed by atoms with Crippen molar-refractivity contribution in [2.75, 3.05) is 18.1 Å². The second-order valence-electron chi connectivity index (χ2n) is 5.32. The Hall–Kier alpha value is -0.920. The molecule has 1 fully saturated rings. The van der Waals surface area contributed by atoms with Crippen molar-refractivity contribution in [1.29, 1.82) is 0 Å². The number of aliphatic carboxylic acids is 1. The number of nitrogens with zero attached hydrogens (tertiary/aromatic N) is 1. The summed E-state index contributed by atoms with van der Waals surface area (Å²) in [5, 5.41) is 8.60. The first-order valence-electron chi connectivity index (χ1n) is 6.76. The van der Waals surface area contributed by atoms with E-state index in [0.29, 0.717) is 19.1 Å². The van der Waals surface area contributed by atoms with E-state index in [-0.39, 0.29) is 5.75 Å². The van der Waals surface area contributed by atoms with Gasteiger partial charge in [0.15, 0.2) is 9.84 Å². The van der Waals surface area contributed by atoms with Crippen LogP contribution in [0.25, 0.3) is 0 Å². The summed E-state index contributed by atoms with van der Waals surface area (Å²) in [5.74, 6) is -2.19. The van der Waals surface area contributed by atoms with Gasteiger partial charge in [-0.2, -0.15) is 0 Å². The lowest BCUT2D eigenvalue weighted by atomic mass is 10.2. The fourth-order valence-corrected chi connectivity index (χ4v) is 3.70. The largest absolute Gasteiger partial charge is 0.480 e. The number of carbonyl (C=O) groups is 1. The van der Waals surface area contributed by atoms with Gasteiger partial charge in [0.2, 0.25) is 0 Å². The molecule has 0 aromatic heterocycles. The summed E-state index contributed by atoms with van der Waals surface area (Å²) >= 11 is 3.42. The van der Waals surface area contributed by atoms with Crippen LogP contribution in [0.1, 0.15) is 18.4 Å². The fourth-order valence-electron chi connectivity index (χ4n) is 2.22. The van der Waals surface area contributed by atoms with Crippen LogP contribution in [0.2, 0.25) is 0 Å². The number of rotatable bonds is 8. The molecule has 0 saturated heterocycles. The Balaban J connectivity index is 1.95. The summed E-state index contributed by atoms with van der Waals surface area (Å²) in [6.07, 6.45) is 2.15. The Labute approximate surface area is 133 Å². The van der Waals surface area contributed by atoms with Crippen LogP contribution in [0.4, 0.5) is 0 Å². The van der Waals surface area contributed by atoms with Crippen molar-refractivity contribution in [2.24, 2.45) is 0 Å². The highest BCUT2D eigenvalue weighted by Crippen LogP contribution is 2.28. The van der Waals surface area contributed by atoms with E-state index >= 15 is 0 Å². The van der Waals surface area contributed by atoms with Gasteiger partial charge in [-0.3, -0.25) is 9.69 Å². The summed E-state index contributed by atoms with van der Waals surface area (Å²) in [6.45, 7) is 1.07. The van der Waals surface area contributed by atoms with Gasteiger partial charge in [-0.1, -0.05) is 28.1 Å². The third kappa shape index (κ3) is 5.76. The SMILES string of the molecule is O=C(O)CS(=O)(=O)CCN(Cc1cccc(Br)c1)C1CC1. The topological polar surface area (TPSA) is 74.7 Å². The highest BCUT2D eigenvalue weighted by Gasteiger charge is 2.30. The van der Waals surface area contributed by atoms with Gasteiger partial charge >= 0.3 is 5.97 Å². The lowest BCUT2D eigenvalue weighted by Crippen LogP contribution is -2.32. The zero-order chi connectivity index (χ0) is 15.5. The number of sulfone groups is 1. The molecule has 2 rings (SSSR count). The van der Waals surface area contributed by atoms with E-state index in [0.717, 1.165) is 22.9 Å². The Morgan fingerprint density at radius 3 is 2.67 bits per heavy atom. The molecule has 0 atom stereocenters. The number of benzene rings is 1. The van der Waals surface area contributed by atoms with Crippen molar-refractivity contribution in [3.8, 4) is 0 Å². The Bertz CT molecular complexity index is 613. The Morgan fingerprint density at radius 2 is 2.10 bits per heavy atom. The molecule has 0 aliphatic heterocycles. The minimum Gasteiger partial charge on any atom is -0.480 e. The molecule has 1 saturated carbocycles. The van der Waals surface area contributed by atoms with Crippen LogP contribution in [0.3, 0.4) is 0 Å². The number of hydrogen-bond donors (Lipinski definition) is 1. The zero-order valence-corrected chi connectivity index (χ0v) is 13.9. The highest BCUT2D eigenvalue weighted by molar-refractivity contribution is 9.10. The van der Waals surface area contributed by atoms with Gasteiger partial charge in [-0.15, -0.1) is 0 Å². The number of carboxylic acids is 1. The Kier molecular flexibility index (Phi) is 5.40. The maximum absolute atomic E-state index is 11.7. The predicted molar refractivity (Wildman–Crippen MR) is 83.9 cm³/mol. The van der Waals surface area contributed by atoms with Crippen LogP contribution in [0.5, 0.6) is 0 Å².